The molecule has 2 aliphatic rings. The van der Waals surface area contributed by atoms with E-state index in [1.165, 1.54) is 23.5 Å². The van der Waals surface area contributed by atoms with Gasteiger partial charge in [0.05, 0.1) is 17.5 Å². The molecule has 0 bridgehead atoms. The Morgan fingerprint density at radius 2 is 1.62 bits per heavy atom. The summed E-state index contributed by atoms with van der Waals surface area (Å²) < 4.78 is 45.9. The number of ether oxygens (including phenoxy) is 1. The second kappa shape index (κ2) is 9.19. The summed E-state index contributed by atoms with van der Waals surface area (Å²) in [5.41, 5.74) is 0.473. The van der Waals surface area contributed by atoms with Gasteiger partial charge in [0.1, 0.15) is 11.6 Å². The van der Waals surface area contributed by atoms with Crippen LogP contribution >= 0.6 is 0 Å². The minimum atomic E-state index is -3.61. The molecule has 2 aromatic carbocycles. The van der Waals surface area contributed by atoms with Crippen LogP contribution in [0.4, 0.5) is 4.39 Å². The van der Waals surface area contributed by atoms with Crippen molar-refractivity contribution in [3.63, 3.8) is 0 Å². The number of methoxy groups -OCH3 is 1. The number of nitrogens with zero attached hydrogens (tertiary/aromatic N) is 1. The van der Waals surface area contributed by atoms with Gasteiger partial charge in [0, 0.05) is 19.0 Å². The van der Waals surface area contributed by atoms with Crippen molar-refractivity contribution < 1.29 is 22.3 Å². The van der Waals surface area contributed by atoms with E-state index in [-0.39, 0.29) is 22.5 Å². The lowest BCUT2D eigenvalue weighted by atomic mass is 9.86. The molecule has 1 aliphatic carbocycles. The predicted octanol–water partition coefficient (Wildman–Crippen LogP) is 3.82. The summed E-state index contributed by atoms with van der Waals surface area (Å²) in [5, 5.41) is 3.25. The van der Waals surface area contributed by atoms with E-state index in [0.29, 0.717) is 31.7 Å². The molecule has 1 saturated heterocycles. The van der Waals surface area contributed by atoms with Crippen LogP contribution in [0.3, 0.4) is 0 Å². The molecule has 0 atom stereocenters. The zero-order valence-corrected chi connectivity index (χ0v) is 19.0. The molecule has 2 aromatic rings. The molecule has 1 aliphatic heterocycles. The van der Waals surface area contributed by atoms with Crippen molar-refractivity contribution in [1.29, 1.82) is 0 Å². The Morgan fingerprint density at radius 1 is 1.03 bits per heavy atom. The molecule has 172 valence electrons. The number of piperidine rings is 1. The number of nitrogens with one attached hydrogen (secondary N) is 1. The van der Waals surface area contributed by atoms with Gasteiger partial charge in [-0.1, -0.05) is 25.0 Å². The van der Waals surface area contributed by atoms with Gasteiger partial charge in [0.15, 0.2) is 0 Å². The summed E-state index contributed by atoms with van der Waals surface area (Å²) in [6.45, 7) is 0.603. The SMILES string of the molecule is COc1ccc(S(=O)(=O)N2CCC(C(=O)NC3(c4ccc(F)cc4)CCCC3)CC2)cc1. The fraction of sp³-hybridized carbons (Fsp3) is 0.458. The monoisotopic (exact) mass is 460 g/mol. The molecular weight excluding hydrogens is 431 g/mol. The second-order valence-corrected chi connectivity index (χ2v) is 10.6. The normalized spacial score (nSPS) is 19.6. The number of sulfonamides is 1. The summed E-state index contributed by atoms with van der Waals surface area (Å²) in [7, 11) is -2.07. The minimum Gasteiger partial charge on any atom is -0.497 e. The van der Waals surface area contributed by atoms with Crippen molar-refractivity contribution in [3.8, 4) is 5.75 Å². The van der Waals surface area contributed by atoms with Gasteiger partial charge in [-0.15, -0.1) is 0 Å². The van der Waals surface area contributed by atoms with Crippen molar-refractivity contribution >= 4 is 15.9 Å². The van der Waals surface area contributed by atoms with Crippen LogP contribution in [0.5, 0.6) is 5.75 Å². The summed E-state index contributed by atoms with van der Waals surface area (Å²) in [5.74, 6) is 0.0213. The van der Waals surface area contributed by atoms with Crippen LogP contribution in [0, 0.1) is 11.7 Å². The summed E-state index contributed by atoms with van der Waals surface area (Å²) in [6.07, 6.45) is 4.62. The number of carbonyl (C=O) groups excluding carboxylic acids is 1. The molecule has 1 heterocycles. The molecule has 1 saturated carbocycles. The molecule has 1 N–H and O–H groups in total. The van der Waals surface area contributed by atoms with E-state index in [9.17, 15) is 17.6 Å². The Kier molecular flexibility index (Phi) is 6.53. The highest BCUT2D eigenvalue weighted by atomic mass is 32.2. The number of hydrogen-bond donors (Lipinski definition) is 1. The van der Waals surface area contributed by atoms with Crippen LogP contribution in [0.2, 0.25) is 0 Å². The van der Waals surface area contributed by atoms with Gasteiger partial charge in [-0.3, -0.25) is 4.79 Å². The maximum atomic E-state index is 13.4. The molecule has 32 heavy (non-hydrogen) atoms. The standard InChI is InChI=1S/C24H29FN2O4S/c1-31-21-8-10-22(11-9-21)32(29,30)27-16-12-18(13-17-27)23(28)26-24(14-2-3-15-24)19-4-6-20(25)7-5-19/h4-11,18H,2-3,12-17H2,1H3,(H,26,28). The number of benzene rings is 2. The summed E-state index contributed by atoms with van der Waals surface area (Å²) in [4.78, 5) is 13.4. The van der Waals surface area contributed by atoms with E-state index >= 15 is 0 Å². The fourth-order valence-electron chi connectivity index (χ4n) is 4.83. The number of hydrogen-bond acceptors (Lipinski definition) is 4. The molecule has 0 radical (unpaired) electrons. The number of rotatable bonds is 6. The molecule has 8 heteroatoms. The van der Waals surface area contributed by atoms with E-state index in [2.05, 4.69) is 5.32 Å². The predicted molar refractivity (Wildman–Crippen MR) is 119 cm³/mol. The van der Waals surface area contributed by atoms with Crippen molar-refractivity contribution in [3.05, 3.63) is 59.9 Å². The van der Waals surface area contributed by atoms with Crippen molar-refractivity contribution in [2.24, 2.45) is 5.92 Å². The van der Waals surface area contributed by atoms with Crippen molar-refractivity contribution in [1.82, 2.24) is 9.62 Å². The van der Waals surface area contributed by atoms with Gasteiger partial charge >= 0.3 is 0 Å². The van der Waals surface area contributed by atoms with Crippen LogP contribution in [0.25, 0.3) is 0 Å². The fourth-order valence-corrected chi connectivity index (χ4v) is 6.30. The zero-order valence-electron chi connectivity index (χ0n) is 18.2. The Morgan fingerprint density at radius 3 is 2.19 bits per heavy atom. The first-order valence-corrected chi connectivity index (χ1v) is 12.5. The van der Waals surface area contributed by atoms with Gasteiger partial charge in [0.25, 0.3) is 0 Å². The van der Waals surface area contributed by atoms with Crippen LogP contribution in [-0.2, 0) is 20.4 Å². The summed E-state index contributed by atoms with van der Waals surface area (Å²) >= 11 is 0. The van der Waals surface area contributed by atoms with E-state index in [1.54, 1.807) is 36.4 Å². The van der Waals surface area contributed by atoms with E-state index < -0.39 is 15.6 Å². The third kappa shape index (κ3) is 4.52. The average Bonchev–Trinajstić information content (AvgIpc) is 3.29. The lowest BCUT2D eigenvalue weighted by molar-refractivity contribution is -0.128. The Hall–Kier alpha value is -2.45. The topological polar surface area (TPSA) is 75.7 Å². The molecule has 2 fully saturated rings. The van der Waals surface area contributed by atoms with E-state index in [1.807, 2.05) is 0 Å². The third-order valence-corrected chi connectivity index (χ3v) is 8.65. The Bertz CT molecular complexity index is 1040. The zero-order chi connectivity index (χ0) is 22.8. The first kappa shape index (κ1) is 22.7. The highest BCUT2D eigenvalue weighted by Crippen LogP contribution is 2.39. The highest BCUT2D eigenvalue weighted by molar-refractivity contribution is 7.89. The molecule has 4 rings (SSSR count). The second-order valence-electron chi connectivity index (χ2n) is 8.64. The van der Waals surface area contributed by atoms with Gasteiger partial charge < -0.3 is 10.1 Å². The largest absolute Gasteiger partial charge is 0.497 e. The van der Waals surface area contributed by atoms with Gasteiger partial charge in [-0.05, 0) is 67.6 Å². The Labute approximate surface area is 188 Å². The highest BCUT2D eigenvalue weighted by Gasteiger charge is 2.40. The van der Waals surface area contributed by atoms with E-state index in [0.717, 1.165) is 31.2 Å². The van der Waals surface area contributed by atoms with E-state index in [4.69, 9.17) is 4.74 Å². The van der Waals surface area contributed by atoms with Crippen LogP contribution in [-0.4, -0.2) is 38.8 Å². The van der Waals surface area contributed by atoms with Gasteiger partial charge in [0.2, 0.25) is 15.9 Å². The maximum Gasteiger partial charge on any atom is 0.243 e. The van der Waals surface area contributed by atoms with Crippen molar-refractivity contribution in [2.75, 3.05) is 20.2 Å². The number of halogens is 1. The molecule has 6 nitrogen and oxygen atoms in total. The number of amides is 1. The third-order valence-electron chi connectivity index (χ3n) is 6.74. The quantitative estimate of drug-likeness (QED) is 0.711. The maximum absolute atomic E-state index is 13.4. The minimum absolute atomic E-state index is 0.0438. The molecule has 0 aromatic heterocycles. The molecule has 0 spiro atoms. The van der Waals surface area contributed by atoms with Crippen LogP contribution in [0.15, 0.2) is 53.4 Å². The van der Waals surface area contributed by atoms with Gasteiger partial charge in [-0.2, -0.15) is 4.31 Å². The lowest BCUT2D eigenvalue weighted by Gasteiger charge is -2.35. The summed E-state index contributed by atoms with van der Waals surface area (Å²) in [6, 6.07) is 12.7. The first-order chi connectivity index (χ1) is 15.3. The first-order valence-electron chi connectivity index (χ1n) is 11.1. The Balaban J connectivity index is 1.41. The molecule has 0 unspecified atom stereocenters. The van der Waals surface area contributed by atoms with Gasteiger partial charge in [-0.25, -0.2) is 12.8 Å². The number of carbonyl (C=O) groups is 1. The van der Waals surface area contributed by atoms with Crippen LogP contribution < -0.4 is 10.1 Å². The smallest absolute Gasteiger partial charge is 0.243 e. The van der Waals surface area contributed by atoms with Crippen LogP contribution in [0.1, 0.15) is 44.1 Å². The lowest BCUT2D eigenvalue weighted by Crippen LogP contribution is -2.49. The van der Waals surface area contributed by atoms with Crippen molar-refractivity contribution in [2.45, 2.75) is 49.0 Å². The molecular formula is C24H29FN2O4S. The average molecular weight is 461 g/mol. The molecule has 1 amide bonds.